The van der Waals surface area contributed by atoms with E-state index in [9.17, 15) is 14.7 Å². The van der Waals surface area contributed by atoms with E-state index in [0.29, 0.717) is 17.1 Å². The summed E-state index contributed by atoms with van der Waals surface area (Å²) in [6, 6.07) is 22.5. The standard InChI is InChI=1S/C24H21N3O3S/c28-14-20(12-16-6-2-1-3-7-16)25-23(30)21-15-31-24(26-21)27-22(29)19-11-10-17-8-4-5-9-18(17)13-19/h1-11,13,15,20,28H,12,14H2,(H,25,30)(H,26,27,29)/t20-/m0/s1. The van der Waals surface area contributed by atoms with Crippen LogP contribution in [0.25, 0.3) is 10.8 Å². The molecule has 0 saturated carbocycles. The maximum Gasteiger partial charge on any atom is 0.271 e. The number of nitrogens with one attached hydrogen (secondary N) is 2. The minimum Gasteiger partial charge on any atom is -0.394 e. The first-order valence-electron chi connectivity index (χ1n) is 9.83. The van der Waals surface area contributed by atoms with E-state index in [-0.39, 0.29) is 18.2 Å². The Kier molecular flexibility index (Phi) is 6.35. The summed E-state index contributed by atoms with van der Waals surface area (Å²) in [6.07, 6.45) is 0.513. The van der Waals surface area contributed by atoms with Gasteiger partial charge >= 0.3 is 0 Å². The van der Waals surface area contributed by atoms with Crippen LogP contribution in [0.5, 0.6) is 0 Å². The van der Waals surface area contributed by atoms with Crippen molar-refractivity contribution < 1.29 is 14.7 Å². The average molecular weight is 432 g/mol. The van der Waals surface area contributed by atoms with Gasteiger partial charge in [-0.3, -0.25) is 14.9 Å². The van der Waals surface area contributed by atoms with Crippen molar-refractivity contribution in [1.82, 2.24) is 10.3 Å². The molecule has 0 fully saturated rings. The highest BCUT2D eigenvalue weighted by Crippen LogP contribution is 2.19. The molecule has 3 aromatic carbocycles. The molecule has 1 aromatic heterocycles. The number of anilines is 1. The molecule has 4 aromatic rings. The smallest absolute Gasteiger partial charge is 0.271 e. The molecule has 31 heavy (non-hydrogen) atoms. The monoisotopic (exact) mass is 431 g/mol. The summed E-state index contributed by atoms with van der Waals surface area (Å²) in [7, 11) is 0. The van der Waals surface area contributed by atoms with Crippen molar-refractivity contribution >= 4 is 39.1 Å². The summed E-state index contributed by atoms with van der Waals surface area (Å²) >= 11 is 1.18. The first-order valence-corrected chi connectivity index (χ1v) is 10.7. The predicted molar refractivity (Wildman–Crippen MR) is 123 cm³/mol. The number of nitrogens with zero attached hydrogens (tertiary/aromatic N) is 1. The molecule has 1 atom stereocenters. The molecule has 0 bridgehead atoms. The van der Waals surface area contributed by atoms with Crippen LogP contribution in [0.2, 0.25) is 0 Å². The zero-order valence-corrected chi connectivity index (χ0v) is 17.4. The van der Waals surface area contributed by atoms with E-state index < -0.39 is 11.9 Å². The third-order valence-corrected chi connectivity index (χ3v) is 5.61. The Morgan fingerprint density at radius 3 is 2.45 bits per heavy atom. The fourth-order valence-electron chi connectivity index (χ4n) is 3.25. The van der Waals surface area contributed by atoms with E-state index in [2.05, 4.69) is 15.6 Å². The Bertz CT molecular complexity index is 1210. The number of aliphatic hydroxyl groups excluding tert-OH is 1. The van der Waals surface area contributed by atoms with Crippen LogP contribution >= 0.6 is 11.3 Å². The molecule has 3 N–H and O–H groups in total. The van der Waals surface area contributed by atoms with Gasteiger partial charge in [-0.1, -0.05) is 60.7 Å². The van der Waals surface area contributed by atoms with Crippen LogP contribution in [0.1, 0.15) is 26.4 Å². The summed E-state index contributed by atoms with van der Waals surface area (Å²) in [6.45, 7) is -0.184. The summed E-state index contributed by atoms with van der Waals surface area (Å²) in [5.41, 5.74) is 1.73. The van der Waals surface area contributed by atoms with Crippen LogP contribution in [0, 0.1) is 0 Å². The van der Waals surface area contributed by atoms with Gasteiger partial charge in [0, 0.05) is 10.9 Å². The molecule has 0 aliphatic rings. The number of carbonyl (C=O) groups is 2. The number of rotatable bonds is 7. The largest absolute Gasteiger partial charge is 0.394 e. The van der Waals surface area contributed by atoms with Crippen molar-refractivity contribution in [1.29, 1.82) is 0 Å². The number of thiazole rings is 1. The molecule has 2 amide bonds. The Morgan fingerprint density at radius 1 is 0.935 bits per heavy atom. The van der Waals surface area contributed by atoms with Gasteiger partial charge in [0.25, 0.3) is 11.8 Å². The maximum absolute atomic E-state index is 12.6. The van der Waals surface area contributed by atoms with E-state index >= 15 is 0 Å². The Hall–Kier alpha value is -3.55. The number of hydrogen-bond acceptors (Lipinski definition) is 5. The van der Waals surface area contributed by atoms with Gasteiger partial charge in [0.2, 0.25) is 0 Å². The van der Waals surface area contributed by atoms with E-state index in [1.165, 1.54) is 11.3 Å². The maximum atomic E-state index is 12.6. The van der Waals surface area contributed by atoms with Crippen LogP contribution in [0.4, 0.5) is 5.13 Å². The van der Waals surface area contributed by atoms with Gasteiger partial charge in [-0.15, -0.1) is 11.3 Å². The molecule has 0 radical (unpaired) electrons. The number of amides is 2. The van der Waals surface area contributed by atoms with Crippen molar-refractivity contribution in [2.24, 2.45) is 0 Å². The molecule has 0 aliphatic heterocycles. The molecular weight excluding hydrogens is 410 g/mol. The molecule has 7 heteroatoms. The first-order chi connectivity index (χ1) is 15.1. The number of benzene rings is 3. The molecule has 6 nitrogen and oxygen atoms in total. The van der Waals surface area contributed by atoms with E-state index in [0.717, 1.165) is 16.3 Å². The van der Waals surface area contributed by atoms with Gasteiger partial charge in [-0.05, 0) is 34.9 Å². The molecule has 0 saturated heterocycles. The number of fused-ring (bicyclic) bond motifs is 1. The molecule has 4 rings (SSSR count). The highest BCUT2D eigenvalue weighted by Gasteiger charge is 2.17. The second-order valence-electron chi connectivity index (χ2n) is 7.10. The number of aliphatic hydroxyl groups is 1. The number of carbonyl (C=O) groups excluding carboxylic acids is 2. The third-order valence-electron chi connectivity index (χ3n) is 4.85. The fraction of sp³-hybridized carbons (Fsp3) is 0.125. The van der Waals surface area contributed by atoms with Gasteiger partial charge in [0.05, 0.1) is 12.6 Å². The Labute approximate surface area is 183 Å². The number of hydrogen-bond donors (Lipinski definition) is 3. The minimum atomic E-state index is -0.424. The lowest BCUT2D eigenvalue weighted by Gasteiger charge is -2.15. The van der Waals surface area contributed by atoms with Gasteiger partial charge in [0.15, 0.2) is 5.13 Å². The zero-order valence-electron chi connectivity index (χ0n) is 16.6. The fourth-order valence-corrected chi connectivity index (χ4v) is 3.94. The SMILES string of the molecule is O=C(Nc1nc(C(=O)N[C@H](CO)Cc2ccccc2)cs1)c1ccc2ccccc2c1. The van der Waals surface area contributed by atoms with Gasteiger partial charge < -0.3 is 10.4 Å². The van der Waals surface area contributed by atoms with Crippen molar-refractivity contribution in [3.63, 3.8) is 0 Å². The van der Waals surface area contributed by atoms with Crippen LogP contribution < -0.4 is 10.6 Å². The Balaban J connectivity index is 1.39. The van der Waals surface area contributed by atoms with Crippen LogP contribution in [0.15, 0.2) is 78.2 Å². The lowest BCUT2D eigenvalue weighted by atomic mass is 10.1. The Morgan fingerprint density at radius 2 is 1.68 bits per heavy atom. The second-order valence-corrected chi connectivity index (χ2v) is 7.95. The molecule has 156 valence electrons. The van der Waals surface area contributed by atoms with Gasteiger partial charge in [-0.25, -0.2) is 4.98 Å². The quantitative estimate of drug-likeness (QED) is 0.414. The van der Waals surface area contributed by atoms with E-state index in [1.54, 1.807) is 11.4 Å². The van der Waals surface area contributed by atoms with Crippen molar-refractivity contribution in [3.05, 3.63) is 95.0 Å². The van der Waals surface area contributed by atoms with Crippen LogP contribution in [0.3, 0.4) is 0 Å². The summed E-state index contributed by atoms with van der Waals surface area (Å²) < 4.78 is 0. The highest BCUT2D eigenvalue weighted by atomic mass is 32.1. The zero-order chi connectivity index (χ0) is 21.6. The normalized spacial score (nSPS) is 11.8. The summed E-state index contributed by atoms with van der Waals surface area (Å²) in [5.74, 6) is -0.679. The predicted octanol–water partition coefficient (Wildman–Crippen LogP) is 3.88. The summed E-state index contributed by atoms with van der Waals surface area (Å²) in [4.78, 5) is 29.3. The minimum absolute atomic E-state index is 0.184. The second kappa shape index (κ2) is 9.51. The topological polar surface area (TPSA) is 91.3 Å². The molecule has 0 aliphatic carbocycles. The molecule has 0 spiro atoms. The van der Waals surface area contributed by atoms with Gasteiger partial charge in [0.1, 0.15) is 5.69 Å². The lowest BCUT2D eigenvalue weighted by Crippen LogP contribution is -2.39. The van der Waals surface area contributed by atoms with Gasteiger partial charge in [-0.2, -0.15) is 0 Å². The molecule has 0 unspecified atom stereocenters. The van der Waals surface area contributed by atoms with E-state index in [1.807, 2.05) is 66.7 Å². The van der Waals surface area contributed by atoms with Crippen molar-refractivity contribution in [3.8, 4) is 0 Å². The summed E-state index contributed by atoms with van der Waals surface area (Å²) in [5, 5.41) is 19.1. The number of aromatic nitrogens is 1. The van der Waals surface area contributed by atoms with Crippen LogP contribution in [-0.2, 0) is 6.42 Å². The molecule has 1 heterocycles. The highest BCUT2D eigenvalue weighted by molar-refractivity contribution is 7.14. The van der Waals surface area contributed by atoms with Crippen LogP contribution in [-0.4, -0.2) is 34.6 Å². The third kappa shape index (κ3) is 5.14. The van der Waals surface area contributed by atoms with Crippen molar-refractivity contribution in [2.45, 2.75) is 12.5 Å². The van der Waals surface area contributed by atoms with E-state index in [4.69, 9.17) is 0 Å². The molecular formula is C24H21N3O3S. The average Bonchev–Trinajstić information content (AvgIpc) is 3.27. The van der Waals surface area contributed by atoms with Crippen molar-refractivity contribution in [2.75, 3.05) is 11.9 Å². The first kappa shape index (κ1) is 20.7. The lowest BCUT2D eigenvalue weighted by molar-refractivity contribution is 0.0911.